The Hall–Kier alpha value is -3.82. The molecule has 0 spiro atoms. The minimum Gasteiger partial charge on any atom is -0.496 e. The molecule has 0 fully saturated rings. The zero-order valence-electron chi connectivity index (χ0n) is 21.8. The van der Waals surface area contributed by atoms with Crippen molar-refractivity contribution in [1.82, 2.24) is 4.98 Å². The van der Waals surface area contributed by atoms with Crippen LogP contribution in [-0.4, -0.2) is 36.3 Å². The van der Waals surface area contributed by atoms with E-state index in [0.717, 1.165) is 21.0 Å². The monoisotopic (exact) mass is 547 g/mol. The number of thioether (sulfide) groups is 1. The number of aromatic nitrogens is 1. The van der Waals surface area contributed by atoms with E-state index in [0.29, 0.717) is 27.9 Å². The summed E-state index contributed by atoms with van der Waals surface area (Å²) in [5, 5.41) is 6.06. The van der Waals surface area contributed by atoms with Gasteiger partial charge in [-0.3, -0.25) is 9.59 Å². The van der Waals surface area contributed by atoms with Gasteiger partial charge in [0.1, 0.15) is 17.1 Å². The number of carbonyl (C=O) groups is 2. The number of ether oxygens (including phenoxy) is 2. The van der Waals surface area contributed by atoms with Crippen LogP contribution < -0.4 is 20.1 Å². The van der Waals surface area contributed by atoms with Crippen molar-refractivity contribution in [2.75, 3.05) is 24.9 Å². The number of carbonyl (C=O) groups excluding carboxylic acids is 2. The summed E-state index contributed by atoms with van der Waals surface area (Å²) in [6.45, 7) is 5.90. The molecular weight excluding hydrogens is 518 g/mol. The first-order valence-corrected chi connectivity index (χ1v) is 13.6. The van der Waals surface area contributed by atoms with Gasteiger partial charge in [-0.1, -0.05) is 35.9 Å². The first-order valence-electron chi connectivity index (χ1n) is 11.9. The molecule has 1 unspecified atom stereocenters. The van der Waals surface area contributed by atoms with Crippen molar-refractivity contribution in [3.05, 3.63) is 82.7 Å². The van der Waals surface area contributed by atoms with Crippen molar-refractivity contribution in [3.63, 3.8) is 0 Å². The Bertz CT molecular complexity index is 1410. The van der Waals surface area contributed by atoms with Gasteiger partial charge in [0.2, 0.25) is 5.91 Å². The Morgan fingerprint density at radius 2 is 1.53 bits per heavy atom. The van der Waals surface area contributed by atoms with Gasteiger partial charge in [0.05, 0.1) is 25.2 Å². The number of benzene rings is 3. The maximum atomic E-state index is 12.9. The summed E-state index contributed by atoms with van der Waals surface area (Å²) in [4.78, 5) is 32.4. The summed E-state index contributed by atoms with van der Waals surface area (Å²) in [7, 11) is 3.01. The predicted molar refractivity (Wildman–Crippen MR) is 155 cm³/mol. The first-order chi connectivity index (χ1) is 18.3. The van der Waals surface area contributed by atoms with Gasteiger partial charge in [-0.2, -0.15) is 0 Å². The second kappa shape index (κ2) is 12.1. The highest BCUT2D eigenvalue weighted by Gasteiger charge is 2.20. The highest BCUT2D eigenvalue weighted by atomic mass is 32.2. The van der Waals surface area contributed by atoms with Crippen molar-refractivity contribution >= 4 is 45.7 Å². The van der Waals surface area contributed by atoms with Gasteiger partial charge in [0, 0.05) is 21.0 Å². The number of methoxy groups -OCH3 is 2. The Kier molecular flexibility index (Phi) is 8.70. The molecule has 9 heteroatoms. The van der Waals surface area contributed by atoms with Crippen LogP contribution in [-0.2, 0) is 4.79 Å². The molecule has 3 aromatic carbocycles. The van der Waals surface area contributed by atoms with E-state index in [2.05, 4.69) is 27.8 Å². The highest BCUT2D eigenvalue weighted by molar-refractivity contribution is 8.00. The van der Waals surface area contributed by atoms with Crippen molar-refractivity contribution in [2.24, 2.45) is 0 Å². The summed E-state index contributed by atoms with van der Waals surface area (Å²) >= 11 is 2.89. The van der Waals surface area contributed by atoms with E-state index in [1.165, 1.54) is 42.9 Å². The lowest BCUT2D eigenvalue weighted by molar-refractivity contribution is -0.115. The fourth-order valence-electron chi connectivity index (χ4n) is 3.78. The second-order valence-corrected chi connectivity index (χ2v) is 11.2. The van der Waals surface area contributed by atoms with E-state index in [-0.39, 0.29) is 17.1 Å². The highest BCUT2D eigenvalue weighted by Crippen LogP contribution is 2.32. The summed E-state index contributed by atoms with van der Waals surface area (Å²) in [5.74, 6) is 0.390. The average molecular weight is 548 g/mol. The SMILES string of the molecule is COc1cccc(OC)c1C(=O)Nc1ccc(SC(C)C(=O)Nc2nc(-c3ccc(C)cc3)c(C)s2)cc1. The van der Waals surface area contributed by atoms with E-state index in [1.807, 2.05) is 45.0 Å². The average Bonchev–Trinajstić information content (AvgIpc) is 3.28. The quantitative estimate of drug-likeness (QED) is 0.224. The molecule has 2 amide bonds. The van der Waals surface area contributed by atoms with Crippen LogP contribution in [0.5, 0.6) is 11.5 Å². The van der Waals surface area contributed by atoms with Gasteiger partial charge in [-0.05, 0) is 57.2 Å². The number of nitrogens with zero attached hydrogens (tertiary/aromatic N) is 1. The van der Waals surface area contributed by atoms with Gasteiger partial charge in [0.25, 0.3) is 5.91 Å². The van der Waals surface area contributed by atoms with E-state index in [1.54, 1.807) is 30.3 Å². The van der Waals surface area contributed by atoms with Gasteiger partial charge < -0.3 is 20.1 Å². The summed E-state index contributed by atoms with van der Waals surface area (Å²) in [6.07, 6.45) is 0. The topological polar surface area (TPSA) is 89.5 Å². The minimum absolute atomic E-state index is 0.125. The van der Waals surface area contributed by atoms with Crippen molar-refractivity contribution < 1.29 is 19.1 Å². The lowest BCUT2D eigenvalue weighted by Gasteiger charge is -2.14. The first kappa shape index (κ1) is 27.2. The van der Waals surface area contributed by atoms with E-state index < -0.39 is 0 Å². The number of nitrogens with one attached hydrogen (secondary N) is 2. The molecule has 2 N–H and O–H groups in total. The third-order valence-electron chi connectivity index (χ3n) is 5.80. The second-order valence-electron chi connectivity index (χ2n) is 8.56. The van der Waals surface area contributed by atoms with Crippen molar-refractivity contribution in [3.8, 4) is 22.8 Å². The molecule has 0 saturated heterocycles. The van der Waals surface area contributed by atoms with Crippen LogP contribution >= 0.6 is 23.1 Å². The molecule has 7 nitrogen and oxygen atoms in total. The predicted octanol–water partition coefficient (Wildman–Crippen LogP) is 6.82. The van der Waals surface area contributed by atoms with Gasteiger partial charge in [-0.15, -0.1) is 23.1 Å². The van der Waals surface area contributed by atoms with Crippen LogP contribution in [0.3, 0.4) is 0 Å². The Morgan fingerprint density at radius 1 is 0.895 bits per heavy atom. The number of anilines is 2. The van der Waals surface area contributed by atoms with Gasteiger partial charge >= 0.3 is 0 Å². The van der Waals surface area contributed by atoms with Crippen LogP contribution in [0.4, 0.5) is 10.8 Å². The molecule has 0 aliphatic carbocycles. The number of aryl methyl sites for hydroxylation is 2. The van der Waals surface area contributed by atoms with Crippen LogP contribution in [0.2, 0.25) is 0 Å². The standard InChI is InChI=1S/C29H29N3O4S2/c1-17-9-11-20(12-10-17)26-18(2)38-29(31-26)32-27(33)19(3)37-22-15-13-21(14-16-22)30-28(34)25-23(35-4)7-6-8-24(25)36-5/h6-16,19H,1-5H3,(H,30,34)(H,31,32,33). The Balaban J connectivity index is 1.37. The Morgan fingerprint density at radius 3 is 2.13 bits per heavy atom. The molecule has 4 aromatic rings. The molecule has 1 aromatic heterocycles. The number of rotatable bonds is 9. The summed E-state index contributed by atoms with van der Waals surface area (Å²) in [6, 6.07) is 20.7. The number of amides is 2. The molecule has 0 bridgehead atoms. The lowest BCUT2D eigenvalue weighted by atomic mass is 10.1. The smallest absolute Gasteiger partial charge is 0.263 e. The number of hydrogen-bond donors (Lipinski definition) is 2. The molecule has 1 atom stereocenters. The lowest BCUT2D eigenvalue weighted by Crippen LogP contribution is -2.22. The van der Waals surface area contributed by atoms with Crippen LogP contribution in [0.25, 0.3) is 11.3 Å². The minimum atomic E-state index is -0.347. The number of thiazole rings is 1. The summed E-state index contributed by atoms with van der Waals surface area (Å²) < 4.78 is 10.6. The molecule has 0 radical (unpaired) electrons. The van der Waals surface area contributed by atoms with Crippen LogP contribution in [0, 0.1) is 13.8 Å². The largest absolute Gasteiger partial charge is 0.496 e. The molecule has 0 aliphatic rings. The van der Waals surface area contributed by atoms with Crippen molar-refractivity contribution in [1.29, 1.82) is 0 Å². The molecular formula is C29H29N3O4S2. The maximum Gasteiger partial charge on any atom is 0.263 e. The zero-order chi connectivity index (χ0) is 27.2. The fourth-order valence-corrected chi connectivity index (χ4v) is 5.49. The van der Waals surface area contributed by atoms with Gasteiger partial charge in [-0.25, -0.2) is 4.98 Å². The van der Waals surface area contributed by atoms with E-state index in [4.69, 9.17) is 9.47 Å². The Labute approximate surface area is 230 Å². The molecule has 4 rings (SSSR count). The van der Waals surface area contributed by atoms with E-state index in [9.17, 15) is 9.59 Å². The van der Waals surface area contributed by atoms with Crippen LogP contribution in [0.1, 0.15) is 27.7 Å². The molecule has 196 valence electrons. The third-order valence-corrected chi connectivity index (χ3v) is 7.80. The number of hydrogen-bond acceptors (Lipinski definition) is 7. The molecule has 38 heavy (non-hydrogen) atoms. The molecule has 0 saturated carbocycles. The molecule has 0 aliphatic heterocycles. The van der Waals surface area contributed by atoms with E-state index >= 15 is 0 Å². The summed E-state index contributed by atoms with van der Waals surface area (Å²) in [5.41, 5.74) is 4.04. The zero-order valence-corrected chi connectivity index (χ0v) is 23.5. The fraction of sp³-hybridized carbons (Fsp3) is 0.207. The normalized spacial score (nSPS) is 11.5. The van der Waals surface area contributed by atoms with Crippen molar-refractivity contribution in [2.45, 2.75) is 30.9 Å². The maximum absolute atomic E-state index is 12.9. The van der Waals surface area contributed by atoms with Gasteiger partial charge in [0.15, 0.2) is 5.13 Å². The van der Waals surface area contributed by atoms with Crippen LogP contribution in [0.15, 0.2) is 71.6 Å². The molecule has 1 heterocycles. The third kappa shape index (κ3) is 6.35.